The van der Waals surface area contributed by atoms with Gasteiger partial charge >= 0.3 is 6.09 Å². The summed E-state index contributed by atoms with van der Waals surface area (Å²) in [6.45, 7) is 5.59. The van der Waals surface area contributed by atoms with Crippen LogP contribution in [0.2, 0.25) is 5.02 Å². The monoisotopic (exact) mass is 392 g/mol. The van der Waals surface area contributed by atoms with Crippen molar-refractivity contribution in [2.24, 2.45) is 0 Å². The molecule has 0 radical (unpaired) electrons. The van der Waals surface area contributed by atoms with Gasteiger partial charge < -0.3 is 20.0 Å². The van der Waals surface area contributed by atoms with Gasteiger partial charge in [-0.3, -0.25) is 0 Å². The molecule has 2 rings (SSSR count). The fraction of sp³-hybridized carbons (Fsp3) is 0.350. The number of hydrogen-bond donors (Lipinski definition) is 3. The first-order chi connectivity index (χ1) is 12.7. The largest absolute Gasteiger partial charge is 0.457 e. The average Bonchev–Trinajstić information content (AvgIpc) is 2.57. The molecule has 3 N–H and O–H groups in total. The van der Waals surface area contributed by atoms with Crippen LogP contribution in [0, 0.1) is 0 Å². The molecule has 6 nitrogen and oxygen atoms in total. The number of hydroxylamine groups is 1. The zero-order valence-corrected chi connectivity index (χ0v) is 16.4. The van der Waals surface area contributed by atoms with Crippen LogP contribution in [0.15, 0.2) is 48.5 Å². The van der Waals surface area contributed by atoms with Crippen LogP contribution in [0.5, 0.6) is 11.5 Å². The highest BCUT2D eigenvalue weighted by molar-refractivity contribution is 6.30. The first-order valence-corrected chi connectivity index (χ1v) is 9.02. The summed E-state index contributed by atoms with van der Waals surface area (Å²) >= 11 is 5.86. The predicted molar refractivity (Wildman–Crippen MR) is 105 cm³/mol. The van der Waals surface area contributed by atoms with Crippen molar-refractivity contribution in [3.63, 3.8) is 0 Å². The third kappa shape index (κ3) is 7.86. The summed E-state index contributed by atoms with van der Waals surface area (Å²) in [5.74, 6) is 1.39. The van der Waals surface area contributed by atoms with Crippen LogP contribution < -0.4 is 15.5 Å². The number of nitrogens with one attached hydrogen (secondary N) is 2. The molecule has 0 saturated heterocycles. The second-order valence-corrected chi connectivity index (χ2v) is 7.55. The van der Waals surface area contributed by atoms with Crippen molar-refractivity contribution in [1.82, 2.24) is 10.8 Å². The normalized spacial score (nSPS) is 12.3. The Hall–Kier alpha value is -2.28. The van der Waals surface area contributed by atoms with Crippen molar-refractivity contribution in [3.05, 3.63) is 59.1 Å². The molecule has 0 heterocycles. The summed E-state index contributed by atoms with van der Waals surface area (Å²) in [4.78, 5) is 11.9. The van der Waals surface area contributed by atoms with E-state index >= 15 is 0 Å². The molecule has 2 aromatic carbocycles. The number of ether oxygens (including phenoxy) is 2. The third-order valence-corrected chi connectivity index (χ3v) is 3.77. The summed E-state index contributed by atoms with van der Waals surface area (Å²) in [7, 11) is 0. The van der Waals surface area contributed by atoms with Crippen LogP contribution in [0.1, 0.15) is 26.3 Å². The number of carbonyl (C=O) groups is 1. The summed E-state index contributed by atoms with van der Waals surface area (Å²) in [6.07, 6.45) is -0.000886. The fourth-order valence-corrected chi connectivity index (χ4v) is 2.50. The zero-order valence-electron chi connectivity index (χ0n) is 15.7. The Kier molecular flexibility index (Phi) is 7.47. The summed E-state index contributed by atoms with van der Waals surface area (Å²) in [5, 5.41) is 12.4. The van der Waals surface area contributed by atoms with Gasteiger partial charge in [0, 0.05) is 11.6 Å². The highest BCUT2D eigenvalue weighted by atomic mass is 35.5. The molecular weight excluding hydrogens is 368 g/mol. The fourth-order valence-electron chi connectivity index (χ4n) is 2.38. The van der Waals surface area contributed by atoms with Crippen molar-refractivity contribution in [2.75, 3.05) is 6.54 Å². The quantitative estimate of drug-likeness (QED) is 0.602. The molecule has 0 saturated carbocycles. The number of hydrogen-bond acceptors (Lipinski definition) is 5. The van der Waals surface area contributed by atoms with Gasteiger partial charge in [-0.15, -0.1) is 0 Å². The van der Waals surface area contributed by atoms with Crippen molar-refractivity contribution in [3.8, 4) is 11.5 Å². The van der Waals surface area contributed by atoms with E-state index in [9.17, 15) is 4.79 Å². The lowest BCUT2D eigenvalue weighted by atomic mass is 10.1. The Morgan fingerprint density at radius 3 is 2.15 bits per heavy atom. The van der Waals surface area contributed by atoms with E-state index in [4.69, 9.17) is 26.3 Å². The molecule has 1 unspecified atom stereocenters. The van der Waals surface area contributed by atoms with E-state index in [-0.39, 0.29) is 12.6 Å². The maximum absolute atomic E-state index is 11.9. The molecule has 0 aliphatic rings. The summed E-state index contributed by atoms with van der Waals surface area (Å²) in [6, 6.07) is 14.3. The lowest BCUT2D eigenvalue weighted by Gasteiger charge is -2.23. The van der Waals surface area contributed by atoms with Crippen LogP contribution in [-0.4, -0.2) is 29.5 Å². The minimum atomic E-state index is -0.581. The lowest BCUT2D eigenvalue weighted by molar-refractivity contribution is 0.0489. The molecule has 0 spiro atoms. The average molecular weight is 393 g/mol. The molecule has 7 heteroatoms. The molecule has 27 heavy (non-hydrogen) atoms. The number of benzene rings is 2. The van der Waals surface area contributed by atoms with E-state index in [1.807, 2.05) is 24.3 Å². The minimum Gasteiger partial charge on any atom is -0.457 e. The van der Waals surface area contributed by atoms with Crippen LogP contribution >= 0.6 is 11.6 Å². The van der Waals surface area contributed by atoms with Crippen molar-refractivity contribution >= 4 is 17.7 Å². The van der Waals surface area contributed by atoms with Crippen LogP contribution in [0.3, 0.4) is 0 Å². The molecule has 0 aliphatic heterocycles. The molecule has 146 valence electrons. The molecule has 1 atom stereocenters. The molecule has 0 fully saturated rings. The van der Waals surface area contributed by atoms with Gasteiger partial charge in [-0.1, -0.05) is 23.7 Å². The molecule has 0 aromatic heterocycles. The van der Waals surface area contributed by atoms with E-state index in [0.717, 1.165) is 5.56 Å². The topological polar surface area (TPSA) is 79.8 Å². The Balaban J connectivity index is 1.95. The highest BCUT2D eigenvalue weighted by Gasteiger charge is 2.19. The maximum atomic E-state index is 11.9. The molecular formula is C20H25ClN2O4. The second kappa shape index (κ2) is 9.60. The number of amides is 1. The lowest BCUT2D eigenvalue weighted by Crippen LogP contribution is -2.45. The van der Waals surface area contributed by atoms with Crippen molar-refractivity contribution < 1.29 is 19.5 Å². The number of rotatable bonds is 7. The van der Waals surface area contributed by atoms with E-state index in [0.29, 0.717) is 22.9 Å². The van der Waals surface area contributed by atoms with Gasteiger partial charge in [0.25, 0.3) is 0 Å². The van der Waals surface area contributed by atoms with E-state index in [2.05, 4.69) is 10.8 Å². The predicted octanol–water partition coefficient (Wildman–Crippen LogP) is 4.55. The van der Waals surface area contributed by atoms with Gasteiger partial charge in [0.2, 0.25) is 0 Å². The Labute approximate surface area is 164 Å². The Bertz CT molecular complexity index is 727. The third-order valence-electron chi connectivity index (χ3n) is 3.51. The Morgan fingerprint density at radius 1 is 1.07 bits per heavy atom. The zero-order chi connectivity index (χ0) is 19.9. The van der Waals surface area contributed by atoms with E-state index < -0.39 is 11.7 Å². The van der Waals surface area contributed by atoms with Gasteiger partial charge in [0.05, 0.1) is 6.04 Å². The smallest absolute Gasteiger partial charge is 0.407 e. The Morgan fingerprint density at radius 2 is 1.63 bits per heavy atom. The van der Waals surface area contributed by atoms with Gasteiger partial charge in [0.15, 0.2) is 0 Å². The summed E-state index contributed by atoms with van der Waals surface area (Å²) in [5.41, 5.74) is 2.50. The standard InChI is InChI=1S/C20H25ClN2O4/c1-20(2,3)27-19(24)23-16(13-22-25)12-14-4-8-17(9-5-14)26-18-10-6-15(21)7-11-18/h4-11,16,22,25H,12-13H2,1-3H3,(H,23,24). The highest BCUT2D eigenvalue weighted by Crippen LogP contribution is 2.23. The van der Waals surface area contributed by atoms with Crippen LogP contribution in [0.25, 0.3) is 0 Å². The first-order valence-electron chi connectivity index (χ1n) is 8.64. The van der Waals surface area contributed by atoms with E-state index in [1.165, 1.54) is 0 Å². The molecule has 0 aliphatic carbocycles. The van der Waals surface area contributed by atoms with Gasteiger partial charge in [-0.25, -0.2) is 10.3 Å². The van der Waals surface area contributed by atoms with Crippen molar-refractivity contribution in [1.29, 1.82) is 0 Å². The molecule has 0 bridgehead atoms. The van der Waals surface area contributed by atoms with Gasteiger partial charge in [0.1, 0.15) is 17.1 Å². The minimum absolute atomic E-state index is 0.197. The SMILES string of the molecule is CC(C)(C)OC(=O)NC(CNO)Cc1ccc(Oc2ccc(Cl)cc2)cc1. The molecule has 1 amide bonds. The number of halogens is 1. The van der Waals surface area contributed by atoms with Gasteiger partial charge in [-0.05, 0) is 69.2 Å². The van der Waals surface area contributed by atoms with Crippen LogP contribution in [0.4, 0.5) is 4.79 Å². The number of carbonyl (C=O) groups excluding carboxylic acids is 1. The van der Waals surface area contributed by atoms with E-state index in [1.54, 1.807) is 45.0 Å². The number of alkyl carbamates (subject to hydrolysis) is 1. The molecule has 2 aromatic rings. The summed E-state index contributed by atoms with van der Waals surface area (Å²) < 4.78 is 11.0. The first kappa shape index (κ1) is 21.0. The maximum Gasteiger partial charge on any atom is 0.407 e. The second-order valence-electron chi connectivity index (χ2n) is 7.11. The van der Waals surface area contributed by atoms with Crippen LogP contribution in [-0.2, 0) is 11.2 Å². The van der Waals surface area contributed by atoms with Crippen molar-refractivity contribution in [2.45, 2.75) is 38.8 Å². The van der Waals surface area contributed by atoms with Gasteiger partial charge in [-0.2, -0.15) is 0 Å².